The van der Waals surface area contributed by atoms with Crippen LogP contribution in [0.4, 0.5) is 0 Å². The number of H-pyrrole nitrogens is 1. The second-order valence-electron chi connectivity index (χ2n) is 1.54. The van der Waals surface area contributed by atoms with Gasteiger partial charge in [-0.15, -0.1) is 0 Å². The van der Waals surface area contributed by atoms with Crippen LogP contribution >= 0.6 is 25.5 Å². The van der Waals surface area contributed by atoms with E-state index in [0.717, 1.165) is 0 Å². The predicted octanol–water partition coefficient (Wildman–Crippen LogP) is 0.786. The van der Waals surface area contributed by atoms with Crippen LogP contribution in [-0.2, 0) is 10.0 Å². The molecule has 2 atom stereocenters. The van der Waals surface area contributed by atoms with Gasteiger partial charge in [0, 0.05) is 17.0 Å². The fraction of sp³-hybridized carbons (Fsp3) is 1.00. The van der Waals surface area contributed by atoms with Crippen molar-refractivity contribution in [1.29, 1.82) is 0 Å². The minimum Gasteiger partial charge on any atom is -0.312 e. The van der Waals surface area contributed by atoms with Gasteiger partial charge in [0.1, 0.15) is 0 Å². The molecule has 1 heterocycles. The number of aromatic nitrogens is 3. The molecule has 0 aromatic carbocycles. The van der Waals surface area contributed by atoms with Crippen LogP contribution in [0.3, 0.4) is 0 Å². The Hall–Kier alpha value is 0.250. The molecule has 0 aliphatic rings. The highest BCUT2D eigenvalue weighted by molar-refractivity contribution is 7.94. The van der Waals surface area contributed by atoms with Crippen molar-refractivity contribution in [3.8, 4) is 0 Å². The lowest BCUT2D eigenvalue weighted by atomic mass is 12.0. The summed E-state index contributed by atoms with van der Waals surface area (Å²) in [4.78, 5) is 0. The summed E-state index contributed by atoms with van der Waals surface area (Å²) in [6, 6.07) is 0. The van der Waals surface area contributed by atoms with Gasteiger partial charge in [0.05, 0.1) is 6.26 Å². The Morgan fingerprint density at radius 1 is 1.70 bits per heavy atom. The summed E-state index contributed by atoms with van der Waals surface area (Å²) >= 11 is 0. The summed E-state index contributed by atoms with van der Waals surface area (Å²) in [5, 5.41) is 0. The monoisotopic (exact) mass is 217 g/mol. The van der Waals surface area contributed by atoms with E-state index >= 15 is 0 Å². The van der Waals surface area contributed by atoms with Crippen molar-refractivity contribution >= 4 is 35.6 Å². The van der Waals surface area contributed by atoms with E-state index in [2.05, 4.69) is 9.02 Å². The lowest BCUT2D eigenvalue weighted by Gasteiger charge is -1.97. The van der Waals surface area contributed by atoms with E-state index in [1.807, 2.05) is 0 Å². The zero-order valence-corrected chi connectivity index (χ0v) is 8.78. The number of hydrogen-bond acceptors (Lipinski definition) is 3. The Labute approximate surface area is 63.3 Å². The number of hydrogen-bond donors (Lipinski definition) is 1. The molecule has 10 heavy (non-hydrogen) atoms. The standard InChI is InChI=1S/CH6N3O2P3S/c1-10(5,6)4-8-2-7-3-9-4/h2,7-8H,1H3. The highest BCUT2D eigenvalue weighted by atomic mass is 32.2. The summed E-state index contributed by atoms with van der Waals surface area (Å²) in [6.45, 7) is 0. The van der Waals surface area contributed by atoms with Gasteiger partial charge in [0.15, 0.2) is 8.51 Å². The Morgan fingerprint density at radius 2 is 2.40 bits per heavy atom. The van der Waals surface area contributed by atoms with Crippen molar-refractivity contribution in [1.82, 2.24) is 12.5 Å². The third-order valence-corrected chi connectivity index (χ3v) is 6.28. The lowest BCUT2D eigenvalue weighted by molar-refractivity contribution is 0.600. The highest BCUT2D eigenvalue weighted by Gasteiger charge is 2.00. The largest absolute Gasteiger partial charge is 0.312 e. The maximum Gasteiger partial charge on any atom is 0.243 e. The van der Waals surface area contributed by atoms with Crippen molar-refractivity contribution in [3.63, 3.8) is 0 Å². The van der Waals surface area contributed by atoms with Crippen LogP contribution in [0.5, 0.6) is 0 Å². The zero-order valence-electron chi connectivity index (χ0n) is 5.07. The van der Waals surface area contributed by atoms with Crippen LogP contribution < -0.4 is 0 Å². The molecule has 58 valence electrons. The molecule has 2 unspecified atom stereocenters. The Bertz CT molecular complexity index is 310. The first kappa shape index (κ1) is 8.35. The molecule has 0 amide bonds. The van der Waals surface area contributed by atoms with E-state index in [1.54, 1.807) is 0 Å². The molecule has 0 saturated heterocycles. The molecule has 0 fully saturated rings. The highest BCUT2D eigenvalue weighted by Crippen LogP contribution is 2.13. The summed E-state index contributed by atoms with van der Waals surface area (Å²) in [5.41, 5.74) is 0. The van der Waals surface area contributed by atoms with Gasteiger partial charge in [-0.05, 0) is 0 Å². The smallest absolute Gasteiger partial charge is 0.243 e. The molecule has 0 aliphatic heterocycles. The predicted molar refractivity (Wildman–Crippen MR) is 46.0 cm³/mol. The summed E-state index contributed by atoms with van der Waals surface area (Å²) in [5.74, 6) is 0. The molecule has 1 aromatic rings. The first-order valence-corrected chi connectivity index (χ1v) is 6.81. The third kappa shape index (κ3) is 2.14. The first-order valence-electron chi connectivity index (χ1n) is 2.27. The molecule has 0 radical (unpaired) electrons. The van der Waals surface area contributed by atoms with Gasteiger partial charge in [-0.25, -0.2) is 8.42 Å². The van der Waals surface area contributed by atoms with Crippen LogP contribution in [0.15, 0.2) is 0 Å². The summed E-state index contributed by atoms with van der Waals surface area (Å²) in [7, 11) is -2.02. The van der Waals surface area contributed by atoms with Gasteiger partial charge in [-0.1, -0.05) is 0 Å². The molecule has 1 N–H and O–H groups in total. The van der Waals surface area contributed by atoms with E-state index in [4.69, 9.17) is 0 Å². The van der Waals surface area contributed by atoms with E-state index in [0.29, 0.717) is 17.0 Å². The van der Waals surface area contributed by atoms with Crippen molar-refractivity contribution < 1.29 is 8.42 Å². The molecular weight excluding hydrogens is 211 g/mol. The number of aromatic amines is 1. The molecule has 0 spiro atoms. The molecule has 0 aliphatic carbocycles. The maximum atomic E-state index is 10.8. The molecule has 9 heteroatoms. The van der Waals surface area contributed by atoms with Crippen molar-refractivity contribution in [2.75, 3.05) is 6.26 Å². The second kappa shape index (κ2) is 3.10. The topological polar surface area (TPSA) is 67.8 Å². The first-order chi connectivity index (χ1) is 4.61. The van der Waals surface area contributed by atoms with Crippen LogP contribution in [0.2, 0.25) is 0 Å². The van der Waals surface area contributed by atoms with E-state index < -0.39 is 10.0 Å². The molecule has 0 saturated carbocycles. The lowest BCUT2D eigenvalue weighted by Crippen LogP contribution is -2.02. The van der Waals surface area contributed by atoms with E-state index in [1.165, 1.54) is 9.75 Å². The number of nitrogens with zero attached hydrogens (tertiary/aromatic N) is 2. The van der Waals surface area contributed by atoms with E-state index in [9.17, 15) is 8.42 Å². The maximum absolute atomic E-state index is 10.8. The van der Waals surface area contributed by atoms with Crippen LogP contribution in [-0.4, -0.2) is 27.2 Å². The molecule has 1 aromatic heterocycles. The normalized spacial score (nSPS) is 13.7. The van der Waals surface area contributed by atoms with Crippen LogP contribution in [0.1, 0.15) is 0 Å². The number of nitrogens with one attached hydrogen (secondary N) is 1. The van der Waals surface area contributed by atoms with Crippen LogP contribution in [0, 0.1) is 0 Å². The SMILES string of the molecule is CS(=O)(=O)n1pn[pH][nH][pH]1. The zero-order chi connectivity index (χ0) is 7.61. The van der Waals surface area contributed by atoms with E-state index in [-0.39, 0.29) is 8.51 Å². The Morgan fingerprint density at radius 3 is 2.70 bits per heavy atom. The van der Waals surface area contributed by atoms with Gasteiger partial charge in [-0.3, -0.25) is 0 Å². The number of rotatable bonds is 1. The Kier molecular flexibility index (Phi) is 2.59. The fourth-order valence-electron chi connectivity index (χ4n) is 0.332. The fourth-order valence-corrected chi connectivity index (χ4v) is 5.03. The quantitative estimate of drug-likeness (QED) is 0.755. The molecule has 0 bridgehead atoms. The minimum atomic E-state index is -3.04. The van der Waals surface area contributed by atoms with Gasteiger partial charge in [0.2, 0.25) is 10.0 Å². The minimum absolute atomic E-state index is 0.146. The van der Waals surface area contributed by atoms with Crippen molar-refractivity contribution in [2.24, 2.45) is 0 Å². The Balaban J connectivity index is 3.22. The summed E-state index contributed by atoms with van der Waals surface area (Å²) < 4.78 is 29.6. The molecular formula is CH6N3O2P3S. The summed E-state index contributed by atoms with van der Waals surface area (Å²) in [6.07, 6.45) is 1.18. The van der Waals surface area contributed by atoms with Gasteiger partial charge >= 0.3 is 0 Å². The average Bonchev–Trinajstić information content (AvgIpc) is 1.88. The molecule has 1 rings (SSSR count). The second-order valence-corrected chi connectivity index (χ2v) is 7.62. The van der Waals surface area contributed by atoms with Gasteiger partial charge in [-0.2, -0.15) is 8.01 Å². The average molecular weight is 217 g/mol. The van der Waals surface area contributed by atoms with Gasteiger partial charge in [0.25, 0.3) is 0 Å². The van der Waals surface area contributed by atoms with Gasteiger partial charge < -0.3 is 4.51 Å². The van der Waals surface area contributed by atoms with Crippen molar-refractivity contribution in [3.05, 3.63) is 0 Å². The molecule has 5 nitrogen and oxygen atoms in total. The van der Waals surface area contributed by atoms with Crippen molar-refractivity contribution in [2.45, 2.75) is 0 Å². The third-order valence-electron chi connectivity index (χ3n) is 0.698. The van der Waals surface area contributed by atoms with Crippen LogP contribution in [0.25, 0.3) is 0 Å².